The molecule has 3 aromatic rings. The number of rotatable bonds is 3. The van der Waals surface area contributed by atoms with Gasteiger partial charge in [0.1, 0.15) is 5.75 Å². The van der Waals surface area contributed by atoms with Crippen molar-refractivity contribution in [1.82, 2.24) is 0 Å². The van der Waals surface area contributed by atoms with Crippen LogP contribution in [0.5, 0.6) is 17.2 Å². The highest BCUT2D eigenvalue weighted by atomic mass is 16.5. The molecule has 0 aromatic heterocycles. The van der Waals surface area contributed by atoms with E-state index in [9.17, 15) is 9.90 Å². The summed E-state index contributed by atoms with van der Waals surface area (Å²) >= 11 is 0. The Hall–Kier alpha value is -3.53. The zero-order valence-corrected chi connectivity index (χ0v) is 14.8. The van der Waals surface area contributed by atoms with Crippen LogP contribution in [0, 0.1) is 0 Å². The number of carbonyl (C=O) groups excluding carboxylic acids is 1. The smallest absolute Gasteiger partial charge is 0.196 e. The lowest BCUT2D eigenvalue weighted by Gasteiger charge is -2.28. The predicted molar refractivity (Wildman–Crippen MR) is 103 cm³/mol. The van der Waals surface area contributed by atoms with E-state index in [2.05, 4.69) is 0 Å². The van der Waals surface area contributed by atoms with Crippen molar-refractivity contribution in [1.29, 1.82) is 0 Å². The number of fused-ring (bicyclic) bond motifs is 1. The minimum atomic E-state index is -0.506. The van der Waals surface area contributed by atoms with Gasteiger partial charge in [0.2, 0.25) is 0 Å². The molecule has 27 heavy (non-hydrogen) atoms. The van der Waals surface area contributed by atoms with Gasteiger partial charge in [0, 0.05) is 5.57 Å². The van der Waals surface area contributed by atoms with Crippen molar-refractivity contribution in [2.75, 3.05) is 7.11 Å². The highest BCUT2D eigenvalue weighted by Gasteiger charge is 2.32. The largest absolute Gasteiger partial charge is 0.504 e. The third kappa shape index (κ3) is 3.17. The van der Waals surface area contributed by atoms with Gasteiger partial charge in [0.15, 0.2) is 23.4 Å². The summed E-state index contributed by atoms with van der Waals surface area (Å²) in [5, 5.41) is 9.82. The van der Waals surface area contributed by atoms with Crippen LogP contribution >= 0.6 is 0 Å². The SMILES string of the molecule is COc1cc(/C=C2\C(=O)c3ccccc3O[C@@H]2c2ccccc2)ccc1O. The molecule has 0 spiro atoms. The second-order valence-electron chi connectivity index (χ2n) is 6.26. The van der Waals surface area contributed by atoms with Crippen LogP contribution in [0.15, 0.2) is 78.4 Å². The van der Waals surface area contributed by atoms with Crippen LogP contribution in [-0.4, -0.2) is 18.0 Å². The van der Waals surface area contributed by atoms with Gasteiger partial charge in [-0.2, -0.15) is 0 Å². The standard InChI is InChI=1S/C23H18O4/c1-26-21-14-15(11-12-19(21)24)13-18-22(25)17-9-5-6-10-20(17)27-23(18)16-7-3-2-4-8-16/h2-14,23-24H,1H3/b18-13+/t23-/m1/s1. The maximum Gasteiger partial charge on any atom is 0.196 e. The highest BCUT2D eigenvalue weighted by Crippen LogP contribution is 2.39. The second kappa shape index (κ2) is 7.00. The molecule has 0 saturated heterocycles. The molecular formula is C23H18O4. The third-order valence-corrected chi connectivity index (χ3v) is 4.55. The van der Waals surface area contributed by atoms with Gasteiger partial charge in [0.25, 0.3) is 0 Å². The van der Waals surface area contributed by atoms with Crippen molar-refractivity contribution in [3.05, 3.63) is 95.1 Å². The zero-order valence-electron chi connectivity index (χ0n) is 14.8. The lowest BCUT2D eigenvalue weighted by molar-refractivity contribution is 0.0963. The quantitative estimate of drug-likeness (QED) is 0.683. The van der Waals surface area contributed by atoms with Crippen LogP contribution in [0.2, 0.25) is 0 Å². The maximum atomic E-state index is 13.2. The summed E-state index contributed by atoms with van der Waals surface area (Å²) in [6, 6.07) is 21.9. The van der Waals surface area contributed by atoms with Crippen molar-refractivity contribution < 1.29 is 19.4 Å². The molecule has 3 aromatic carbocycles. The van der Waals surface area contributed by atoms with E-state index in [1.807, 2.05) is 48.5 Å². The van der Waals surface area contributed by atoms with Crippen LogP contribution in [0.3, 0.4) is 0 Å². The van der Waals surface area contributed by atoms with Gasteiger partial charge in [-0.15, -0.1) is 0 Å². The summed E-state index contributed by atoms with van der Waals surface area (Å²) in [7, 11) is 1.49. The maximum absolute atomic E-state index is 13.2. The molecule has 0 unspecified atom stereocenters. The van der Waals surface area contributed by atoms with Crippen LogP contribution in [0.25, 0.3) is 6.08 Å². The highest BCUT2D eigenvalue weighted by molar-refractivity contribution is 6.14. The number of aromatic hydroxyl groups is 1. The number of methoxy groups -OCH3 is 1. The van der Waals surface area contributed by atoms with Crippen LogP contribution < -0.4 is 9.47 Å². The van der Waals surface area contributed by atoms with Gasteiger partial charge in [-0.3, -0.25) is 4.79 Å². The molecule has 1 heterocycles. The topological polar surface area (TPSA) is 55.8 Å². The van der Waals surface area contributed by atoms with Crippen molar-refractivity contribution in [3.63, 3.8) is 0 Å². The fraction of sp³-hybridized carbons (Fsp3) is 0.0870. The van der Waals surface area contributed by atoms with E-state index >= 15 is 0 Å². The Morgan fingerprint density at radius 1 is 1.00 bits per heavy atom. The van der Waals surface area contributed by atoms with Gasteiger partial charge in [-0.05, 0) is 41.5 Å². The van der Waals surface area contributed by atoms with Crippen LogP contribution in [0.1, 0.15) is 27.6 Å². The van der Waals surface area contributed by atoms with E-state index in [1.165, 1.54) is 7.11 Å². The minimum absolute atomic E-state index is 0.0517. The number of benzene rings is 3. The Labute approximate surface area is 157 Å². The number of para-hydroxylation sites is 1. The lowest BCUT2D eigenvalue weighted by Crippen LogP contribution is -2.23. The molecule has 4 rings (SSSR count). The number of carbonyl (C=O) groups is 1. The lowest BCUT2D eigenvalue weighted by atomic mass is 9.89. The molecule has 1 aliphatic heterocycles. The monoisotopic (exact) mass is 358 g/mol. The number of ketones is 1. The van der Waals surface area contributed by atoms with E-state index in [0.29, 0.717) is 22.6 Å². The predicted octanol–water partition coefficient (Wildman–Crippen LogP) is 4.80. The molecule has 134 valence electrons. The third-order valence-electron chi connectivity index (χ3n) is 4.55. The van der Waals surface area contributed by atoms with Gasteiger partial charge in [0.05, 0.1) is 12.7 Å². The molecule has 4 heteroatoms. The Bertz CT molecular complexity index is 1020. The average Bonchev–Trinajstić information content (AvgIpc) is 2.72. The number of Topliss-reactive ketones (excluding diaryl/α,β-unsaturated/α-hetero) is 1. The number of hydrogen-bond acceptors (Lipinski definition) is 4. The van der Waals surface area contributed by atoms with E-state index in [4.69, 9.17) is 9.47 Å². The molecule has 0 amide bonds. The first kappa shape index (κ1) is 16.9. The molecule has 0 radical (unpaired) electrons. The van der Waals surface area contributed by atoms with E-state index < -0.39 is 6.10 Å². The number of ether oxygens (including phenoxy) is 2. The van der Waals surface area contributed by atoms with Crippen molar-refractivity contribution in [3.8, 4) is 17.2 Å². The summed E-state index contributed by atoms with van der Waals surface area (Å²) in [6.07, 6.45) is 1.28. The second-order valence-corrected chi connectivity index (χ2v) is 6.26. The fourth-order valence-electron chi connectivity index (χ4n) is 3.20. The molecule has 0 fully saturated rings. The van der Waals surface area contributed by atoms with Gasteiger partial charge < -0.3 is 14.6 Å². The van der Waals surface area contributed by atoms with Crippen molar-refractivity contribution >= 4 is 11.9 Å². The van der Waals surface area contributed by atoms with Gasteiger partial charge in [-0.25, -0.2) is 0 Å². The molecule has 0 saturated carbocycles. The van der Waals surface area contributed by atoms with Gasteiger partial charge >= 0.3 is 0 Å². The summed E-state index contributed by atoms with van der Waals surface area (Å²) in [6.45, 7) is 0. The van der Waals surface area contributed by atoms with E-state index in [0.717, 1.165) is 11.1 Å². The first-order valence-electron chi connectivity index (χ1n) is 8.61. The Kier molecular flexibility index (Phi) is 4.38. The summed E-state index contributed by atoms with van der Waals surface area (Å²) in [5.41, 5.74) is 2.73. The Morgan fingerprint density at radius 2 is 1.74 bits per heavy atom. The zero-order chi connectivity index (χ0) is 18.8. The molecule has 1 aliphatic rings. The summed E-state index contributed by atoms with van der Waals surface area (Å²) in [5.74, 6) is 0.913. The normalized spacial score (nSPS) is 17.3. The summed E-state index contributed by atoms with van der Waals surface area (Å²) in [4.78, 5) is 13.2. The first-order valence-corrected chi connectivity index (χ1v) is 8.61. The molecule has 1 atom stereocenters. The molecule has 0 bridgehead atoms. The van der Waals surface area contributed by atoms with Crippen LogP contribution in [0.4, 0.5) is 0 Å². The summed E-state index contributed by atoms with van der Waals surface area (Å²) < 4.78 is 11.4. The van der Waals surface area contributed by atoms with E-state index in [1.54, 1.807) is 30.3 Å². The van der Waals surface area contributed by atoms with Crippen LogP contribution in [-0.2, 0) is 0 Å². The fourth-order valence-corrected chi connectivity index (χ4v) is 3.20. The van der Waals surface area contributed by atoms with Crippen molar-refractivity contribution in [2.24, 2.45) is 0 Å². The molecule has 1 N–H and O–H groups in total. The Balaban J connectivity index is 1.85. The van der Waals surface area contributed by atoms with Crippen molar-refractivity contribution in [2.45, 2.75) is 6.10 Å². The first-order chi connectivity index (χ1) is 13.2. The number of hydrogen-bond donors (Lipinski definition) is 1. The average molecular weight is 358 g/mol. The molecular weight excluding hydrogens is 340 g/mol. The number of phenolic OH excluding ortho intramolecular Hbond substituents is 1. The molecule has 0 aliphatic carbocycles. The number of phenols is 1. The minimum Gasteiger partial charge on any atom is -0.504 e. The Morgan fingerprint density at radius 3 is 2.52 bits per heavy atom. The van der Waals surface area contributed by atoms with E-state index in [-0.39, 0.29) is 11.5 Å². The van der Waals surface area contributed by atoms with Gasteiger partial charge in [-0.1, -0.05) is 48.5 Å². The molecule has 4 nitrogen and oxygen atoms in total.